The fourth-order valence-corrected chi connectivity index (χ4v) is 2.62. The van der Waals surface area contributed by atoms with Gasteiger partial charge in [0.05, 0.1) is 18.8 Å². The maximum Gasteiger partial charge on any atom is 0.133 e. The molecule has 5 heteroatoms. The van der Waals surface area contributed by atoms with Crippen molar-refractivity contribution in [3.63, 3.8) is 0 Å². The number of morpholine rings is 1. The molecule has 1 saturated heterocycles. The van der Waals surface area contributed by atoms with Gasteiger partial charge >= 0.3 is 0 Å². The van der Waals surface area contributed by atoms with Crippen LogP contribution in [0.2, 0.25) is 0 Å². The summed E-state index contributed by atoms with van der Waals surface area (Å²) in [5, 5.41) is 3.17. The second-order valence-electron chi connectivity index (χ2n) is 5.30. The zero-order valence-electron chi connectivity index (χ0n) is 12.2. The quantitative estimate of drug-likeness (QED) is 0.918. The van der Waals surface area contributed by atoms with Crippen molar-refractivity contribution in [1.82, 2.24) is 10.2 Å². The number of ether oxygens (including phenoxy) is 1. The van der Waals surface area contributed by atoms with Gasteiger partial charge in [-0.2, -0.15) is 0 Å². The van der Waals surface area contributed by atoms with Crippen LogP contribution in [0.5, 0.6) is 0 Å². The van der Waals surface area contributed by atoms with Crippen molar-refractivity contribution in [3.8, 4) is 0 Å². The Kier molecular flexibility index (Phi) is 5.07. The molecule has 0 spiro atoms. The van der Waals surface area contributed by atoms with Crippen LogP contribution < -0.4 is 5.32 Å². The number of nitrogens with one attached hydrogen (secondary N) is 1. The van der Waals surface area contributed by atoms with Gasteiger partial charge in [0.15, 0.2) is 0 Å². The van der Waals surface area contributed by atoms with Gasteiger partial charge in [-0.3, -0.25) is 0 Å². The Morgan fingerprint density at radius 3 is 2.85 bits per heavy atom. The minimum absolute atomic E-state index is 0.0900. The zero-order chi connectivity index (χ0) is 14.7. The lowest BCUT2D eigenvalue weighted by Crippen LogP contribution is -2.47. The highest BCUT2D eigenvalue weighted by molar-refractivity contribution is 5.30. The molecule has 1 heterocycles. The van der Waals surface area contributed by atoms with Gasteiger partial charge in [-0.1, -0.05) is 13.0 Å². The number of hydrogen-bond donors (Lipinski definition) is 1. The Hall–Kier alpha value is -1.04. The fourth-order valence-electron chi connectivity index (χ4n) is 2.62. The lowest BCUT2D eigenvalue weighted by molar-refractivity contribution is -0.0401. The maximum atomic E-state index is 14.3. The minimum atomic E-state index is -0.518. The topological polar surface area (TPSA) is 24.5 Å². The third-order valence-corrected chi connectivity index (χ3v) is 3.72. The average molecular weight is 284 g/mol. The summed E-state index contributed by atoms with van der Waals surface area (Å²) in [5.41, 5.74) is 0.542. The minimum Gasteiger partial charge on any atom is -0.374 e. The first-order chi connectivity index (χ1) is 9.54. The van der Waals surface area contributed by atoms with E-state index in [9.17, 15) is 8.78 Å². The van der Waals surface area contributed by atoms with Crippen LogP contribution in [0.3, 0.4) is 0 Å². The van der Waals surface area contributed by atoms with Crippen molar-refractivity contribution < 1.29 is 13.5 Å². The van der Waals surface area contributed by atoms with E-state index in [1.54, 1.807) is 6.92 Å². The standard InChI is InChI=1S/C15H22F2N2O/c1-4-18-15(12-9-19(3)7-8-20-12)13-11(16)6-5-10(2)14(13)17/h5-6,12,15,18H,4,7-9H2,1-3H3. The summed E-state index contributed by atoms with van der Waals surface area (Å²) < 4.78 is 34.2. The van der Waals surface area contributed by atoms with Crippen molar-refractivity contribution >= 4 is 0 Å². The van der Waals surface area contributed by atoms with E-state index in [-0.39, 0.29) is 11.7 Å². The van der Waals surface area contributed by atoms with Crippen molar-refractivity contribution in [2.45, 2.75) is 26.0 Å². The second-order valence-corrected chi connectivity index (χ2v) is 5.30. The second kappa shape index (κ2) is 6.61. The van der Waals surface area contributed by atoms with E-state index >= 15 is 0 Å². The van der Waals surface area contributed by atoms with Gasteiger partial charge in [0.2, 0.25) is 0 Å². The molecule has 0 bridgehead atoms. The molecule has 20 heavy (non-hydrogen) atoms. The third-order valence-electron chi connectivity index (χ3n) is 3.72. The summed E-state index contributed by atoms with van der Waals surface area (Å²) in [4.78, 5) is 2.12. The molecule has 1 aliphatic rings. The first kappa shape index (κ1) is 15.4. The van der Waals surface area contributed by atoms with Gasteiger partial charge in [-0.15, -0.1) is 0 Å². The summed E-state index contributed by atoms with van der Waals surface area (Å²) in [6.07, 6.45) is -0.250. The van der Waals surface area contributed by atoms with E-state index in [1.165, 1.54) is 12.1 Å². The lowest BCUT2D eigenvalue weighted by atomic mass is 9.97. The molecule has 1 aromatic carbocycles. The Balaban J connectivity index is 2.35. The lowest BCUT2D eigenvalue weighted by Gasteiger charge is -2.36. The molecule has 1 aliphatic heterocycles. The van der Waals surface area contributed by atoms with Gasteiger partial charge in [-0.25, -0.2) is 8.78 Å². The molecule has 2 atom stereocenters. The monoisotopic (exact) mass is 284 g/mol. The van der Waals surface area contributed by atoms with E-state index in [0.717, 1.165) is 6.54 Å². The molecule has 3 nitrogen and oxygen atoms in total. The predicted octanol–water partition coefficient (Wildman–Crippen LogP) is 2.25. The van der Waals surface area contributed by atoms with Crippen molar-refractivity contribution in [1.29, 1.82) is 0 Å². The Bertz CT molecular complexity index is 467. The molecule has 1 fully saturated rings. The molecule has 1 aromatic rings. The fraction of sp³-hybridized carbons (Fsp3) is 0.600. The van der Waals surface area contributed by atoms with Crippen molar-refractivity contribution in [2.75, 3.05) is 33.3 Å². The van der Waals surface area contributed by atoms with Gasteiger partial charge in [0.25, 0.3) is 0 Å². The number of benzene rings is 1. The highest BCUT2D eigenvalue weighted by Crippen LogP contribution is 2.28. The van der Waals surface area contributed by atoms with Crippen LogP contribution in [0.15, 0.2) is 12.1 Å². The van der Waals surface area contributed by atoms with Crippen LogP contribution in [0.1, 0.15) is 24.1 Å². The molecule has 0 aromatic heterocycles. The van der Waals surface area contributed by atoms with Crippen molar-refractivity contribution in [2.24, 2.45) is 0 Å². The summed E-state index contributed by atoms with van der Waals surface area (Å²) in [6.45, 7) is 6.28. The third kappa shape index (κ3) is 3.16. The van der Waals surface area contributed by atoms with Crippen LogP contribution >= 0.6 is 0 Å². The molecule has 2 unspecified atom stereocenters. The van der Waals surface area contributed by atoms with E-state index in [1.807, 2.05) is 14.0 Å². The molecule has 2 rings (SSSR count). The molecule has 0 aliphatic carbocycles. The van der Waals surface area contributed by atoms with Gasteiger partial charge < -0.3 is 15.0 Å². The van der Waals surface area contributed by atoms with Crippen LogP contribution in [0.25, 0.3) is 0 Å². The summed E-state index contributed by atoms with van der Waals surface area (Å²) in [6, 6.07) is 2.32. The number of aryl methyl sites for hydroxylation is 1. The molecular weight excluding hydrogens is 262 g/mol. The molecule has 0 amide bonds. The highest BCUT2D eigenvalue weighted by atomic mass is 19.1. The number of likely N-dealkylation sites (N-methyl/N-ethyl adjacent to an activating group) is 2. The highest BCUT2D eigenvalue weighted by Gasteiger charge is 2.31. The van der Waals surface area contributed by atoms with Gasteiger partial charge in [0.1, 0.15) is 11.6 Å². The largest absolute Gasteiger partial charge is 0.374 e. The van der Waals surface area contributed by atoms with E-state index < -0.39 is 17.7 Å². The molecule has 112 valence electrons. The van der Waals surface area contributed by atoms with Crippen LogP contribution in [-0.4, -0.2) is 44.3 Å². The number of halogens is 2. The molecular formula is C15H22F2N2O. The van der Waals surface area contributed by atoms with Gasteiger partial charge in [0, 0.05) is 18.7 Å². The SMILES string of the molecule is CCNC(c1c(F)ccc(C)c1F)C1CN(C)CCO1. The molecule has 1 N–H and O–H groups in total. The Morgan fingerprint density at radius 2 is 2.20 bits per heavy atom. The first-order valence-electron chi connectivity index (χ1n) is 7.02. The number of hydrogen-bond acceptors (Lipinski definition) is 3. The smallest absolute Gasteiger partial charge is 0.133 e. The Morgan fingerprint density at radius 1 is 1.45 bits per heavy atom. The molecule has 0 saturated carbocycles. The summed E-state index contributed by atoms with van der Waals surface area (Å²) in [5.74, 6) is -0.997. The first-order valence-corrected chi connectivity index (χ1v) is 7.02. The van der Waals surface area contributed by atoms with E-state index in [4.69, 9.17) is 4.74 Å². The number of rotatable bonds is 4. The summed E-state index contributed by atoms with van der Waals surface area (Å²) in [7, 11) is 1.99. The molecule has 0 radical (unpaired) electrons. The van der Waals surface area contributed by atoms with Crippen molar-refractivity contribution in [3.05, 3.63) is 34.9 Å². The summed E-state index contributed by atoms with van der Waals surface area (Å²) >= 11 is 0. The normalized spacial score (nSPS) is 21.9. The average Bonchev–Trinajstić information content (AvgIpc) is 2.42. The predicted molar refractivity (Wildman–Crippen MR) is 74.7 cm³/mol. The Labute approximate surface area is 118 Å². The van der Waals surface area contributed by atoms with E-state index in [2.05, 4.69) is 10.2 Å². The van der Waals surface area contributed by atoms with Crippen LogP contribution in [0, 0.1) is 18.6 Å². The van der Waals surface area contributed by atoms with E-state index in [0.29, 0.717) is 25.3 Å². The zero-order valence-corrected chi connectivity index (χ0v) is 12.2. The van der Waals surface area contributed by atoms with Gasteiger partial charge in [-0.05, 0) is 32.1 Å². The van der Waals surface area contributed by atoms with Crippen LogP contribution in [0.4, 0.5) is 8.78 Å². The number of nitrogens with zero attached hydrogens (tertiary/aromatic N) is 1. The van der Waals surface area contributed by atoms with Crippen LogP contribution in [-0.2, 0) is 4.74 Å². The maximum absolute atomic E-state index is 14.3.